The van der Waals surface area contributed by atoms with Gasteiger partial charge in [0.1, 0.15) is 0 Å². The minimum absolute atomic E-state index is 0.121. The molecule has 100 valence electrons. The van der Waals surface area contributed by atoms with E-state index in [0.717, 1.165) is 26.0 Å². The molecule has 2 atom stereocenters. The van der Waals surface area contributed by atoms with Gasteiger partial charge in [0.2, 0.25) is 0 Å². The summed E-state index contributed by atoms with van der Waals surface area (Å²) in [5, 5.41) is 3.53. The van der Waals surface area contributed by atoms with Gasteiger partial charge in [-0.15, -0.1) is 6.58 Å². The first-order chi connectivity index (χ1) is 8.83. The van der Waals surface area contributed by atoms with Crippen LogP contribution in [0.1, 0.15) is 38.4 Å². The number of rotatable bonds is 9. The third-order valence-corrected chi connectivity index (χ3v) is 2.99. The normalized spacial score (nSPS) is 14.1. The van der Waals surface area contributed by atoms with Crippen molar-refractivity contribution >= 4 is 0 Å². The van der Waals surface area contributed by atoms with E-state index in [1.165, 1.54) is 5.56 Å². The van der Waals surface area contributed by atoms with E-state index in [-0.39, 0.29) is 6.10 Å². The Balaban J connectivity index is 2.81. The maximum atomic E-state index is 5.94. The maximum Gasteiger partial charge on any atom is 0.0977 e. The van der Waals surface area contributed by atoms with Crippen LogP contribution in [-0.2, 0) is 4.74 Å². The van der Waals surface area contributed by atoms with Crippen LogP contribution in [0.2, 0.25) is 0 Å². The van der Waals surface area contributed by atoms with Crippen LogP contribution in [0.3, 0.4) is 0 Å². The van der Waals surface area contributed by atoms with E-state index in [0.29, 0.717) is 6.04 Å². The monoisotopic (exact) mass is 247 g/mol. The van der Waals surface area contributed by atoms with Gasteiger partial charge in [-0.05, 0) is 31.9 Å². The van der Waals surface area contributed by atoms with Crippen molar-refractivity contribution in [1.82, 2.24) is 5.32 Å². The molecule has 0 aliphatic rings. The maximum absolute atomic E-state index is 5.94. The van der Waals surface area contributed by atoms with E-state index >= 15 is 0 Å². The Kier molecular flexibility index (Phi) is 7.38. The standard InChI is InChI=1S/C16H25NO/c1-4-7-13-15(17-5-2)16(18-6-3)14-11-9-8-10-12-14/h4,8-12,15-17H,1,5-7,13H2,2-3H3. The van der Waals surface area contributed by atoms with Gasteiger partial charge in [0.15, 0.2) is 0 Å². The molecule has 2 heteroatoms. The van der Waals surface area contributed by atoms with Gasteiger partial charge in [0, 0.05) is 12.6 Å². The summed E-state index contributed by atoms with van der Waals surface area (Å²) in [6, 6.07) is 10.8. The lowest BCUT2D eigenvalue weighted by Gasteiger charge is -2.28. The van der Waals surface area contributed by atoms with Crippen molar-refractivity contribution < 1.29 is 4.74 Å². The van der Waals surface area contributed by atoms with E-state index in [1.54, 1.807) is 0 Å². The molecule has 1 aromatic rings. The largest absolute Gasteiger partial charge is 0.372 e. The molecular formula is C16H25NO. The van der Waals surface area contributed by atoms with Crippen LogP contribution >= 0.6 is 0 Å². The minimum atomic E-state index is 0.121. The molecule has 2 unspecified atom stereocenters. The second-order valence-corrected chi connectivity index (χ2v) is 4.32. The third kappa shape index (κ3) is 4.63. The van der Waals surface area contributed by atoms with Crippen LogP contribution in [0.4, 0.5) is 0 Å². The third-order valence-electron chi connectivity index (χ3n) is 2.99. The van der Waals surface area contributed by atoms with Crippen molar-refractivity contribution in [3.63, 3.8) is 0 Å². The van der Waals surface area contributed by atoms with Crippen molar-refractivity contribution in [3.8, 4) is 0 Å². The predicted octanol–water partition coefficient (Wildman–Crippen LogP) is 3.71. The summed E-state index contributed by atoms with van der Waals surface area (Å²) in [5.41, 5.74) is 1.24. The molecular weight excluding hydrogens is 222 g/mol. The zero-order valence-corrected chi connectivity index (χ0v) is 11.6. The molecule has 0 aromatic heterocycles. The molecule has 0 heterocycles. The molecule has 1 N–H and O–H groups in total. The highest BCUT2D eigenvalue weighted by Crippen LogP contribution is 2.24. The second kappa shape index (κ2) is 8.90. The number of likely N-dealkylation sites (N-methyl/N-ethyl adjacent to an activating group) is 1. The predicted molar refractivity (Wildman–Crippen MR) is 77.7 cm³/mol. The number of allylic oxidation sites excluding steroid dienone is 1. The van der Waals surface area contributed by atoms with Gasteiger partial charge in [0.05, 0.1) is 6.10 Å². The highest BCUT2D eigenvalue weighted by molar-refractivity contribution is 5.19. The second-order valence-electron chi connectivity index (χ2n) is 4.32. The highest BCUT2D eigenvalue weighted by Gasteiger charge is 2.21. The minimum Gasteiger partial charge on any atom is -0.372 e. The zero-order valence-electron chi connectivity index (χ0n) is 11.6. The fraction of sp³-hybridized carbons (Fsp3) is 0.500. The molecule has 0 saturated carbocycles. The quantitative estimate of drug-likeness (QED) is 0.672. The van der Waals surface area contributed by atoms with Crippen molar-refractivity contribution in [3.05, 3.63) is 48.6 Å². The van der Waals surface area contributed by atoms with Crippen LogP contribution in [0.15, 0.2) is 43.0 Å². The van der Waals surface area contributed by atoms with Gasteiger partial charge in [0.25, 0.3) is 0 Å². The van der Waals surface area contributed by atoms with Crippen molar-refractivity contribution in [2.75, 3.05) is 13.2 Å². The summed E-state index contributed by atoms with van der Waals surface area (Å²) >= 11 is 0. The Hall–Kier alpha value is -1.12. The smallest absolute Gasteiger partial charge is 0.0977 e. The lowest BCUT2D eigenvalue weighted by Crippen LogP contribution is -2.36. The van der Waals surface area contributed by atoms with E-state index < -0.39 is 0 Å². The summed E-state index contributed by atoms with van der Waals surface area (Å²) in [6.45, 7) is 9.67. The van der Waals surface area contributed by atoms with Gasteiger partial charge in [-0.25, -0.2) is 0 Å². The van der Waals surface area contributed by atoms with Crippen molar-refractivity contribution in [2.24, 2.45) is 0 Å². The Morgan fingerprint density at radius 2 is 2.00 bits per heavy atom. The Morgan fingerprint density at radius 1 is 1.28 bits per heavy atom. The van der Waals surface area contributed by atoms with Gasteiger partial charge in [-0.2, -0.15) is 0 Å². The molecule has 1 rings (SSSR count). The molecule has 0 spiro atoms. The zero-order chi connectivity index (χ0) is 13.2. The van der Waals surface area contributed by atoms with E-state index in [4.69, 9.17) is 4.74 Å². The molecule has 0 saturated heterocycles. The molecule has 0 aliphatic carbocycles. The average molecular weight is 247 g/mol. The highest BCUT2D eigenvalue weighted by atomic mass is 16.5. The fourth-order valence-electron chi connectivity index (χ4n) is 2.19. The summed E-state index contributed by atoms with van der Waals surface area (Å²) in [6.07, 6.45) is 4.15. The Bertz CT molecular complexity index is 323. The lowest BCUT2D eigenvalue weighted by molar-refractivity contribution is 0.0315. The molecule has 0 radical (unpaired) electrons. The molecule has 0 aliphatic heterocycles. The van der Waals surface area contributed by atoms with E-state index in [1.807, 2.05) is 19.1 Å². The number of benzene rings is 1. The Morgan fingerprint density at radius 3 is 2.56 bits per heavy atom. The SMILES string of the molecule is C=CCCC(NCC)C(OCC)c1ccccc1. The molecule has 0 fully saturated rings. The van der Waals surface area contributed by atoms with Crippen LogP contribution in [0, 0.1) is 0 Å². The van der Waals surface area contributed by atoms with Crippen LogP contribution in [0.5, 0.6) is 0 Å². The first-order valence-electron chi connectivity index (χ1n) is 6.84. The number of hydrogen-bond donors (Lipinski definition) is 1. The molecule has 0 amide bonds. The average Bonchev–Trinajstić information content (AvgIpc) is 2.42. The number of hydrogen-bond acceptors (Lipinski definition) is 2. The van der Waals surface area contributed by atoms with Crippen molar-refractivity contribution in [2.45, 2.75) is 38.8 Å². The van der Waals surface area contributed by atoms with Gasteiger partial charge in [-0.3, -0.25) is 0 Å². The number of nitrogens with one attached hydrogen (secondary N) is 1. The fourth-order valence-corrected chi connectivity index (χ4v) is 2.19. The van der Waals surface area contributed by atoms with Crippen molar-refractivity contribution in [1.29, 1.82) is 0 Å². The van der Waals surface area contributed by atoms with Gasteiger partial charge >= 0.3 is 0 Å². The lowest BCUT2D eigenvalue weighted by atomic mass is 9.98. The summed E-state index contributed by atoms with van der Waals surface area (Å²) in [4.78, 5) is 0. The van der Waals surface area contributed by atoms with Gasteiger partial charge in [-0.1, -0.05) is 43.3 Å². The van der Waals surface area contributed by atoms with E-state index in [2.05, 4.69) is 43.1 Å². The Labute approximate surface area is 111 Å². The van der Waals surface area contributed by atoms with Crippen LogP contribution < -0.4 is 5.32 Å². The number of ether oxygens (including phenoxy) is 1. The molecule has 1 aromatic carbocycles. The topological polar surface area (TPSA) is 21.3 Å². The molecule has 0 bridgehead atoms. The summed E-state index contributed by atoms with van der Waals surface area (Å²) in [7, 11) is 0. The first kappa shape index (κ1) is 14.9. The van der Waals surface area contributed by atoms with Crippen LogP contribution in [0.25, 0.3) is 0 Å². The van der Waals surface area contributed by atoms with Crippen LogP contribution in [-0.4, -0.2) is 19.2 Å². The van der Waals surface area contributed by atoms with Gasteiger partial charge < -0.3 is 10.1 Å². The summed E-state index contributed by atoms with van der Waals surface area (Å²) in [5.74, 6) is 0. The first-order valence-corrected chi connectivity index (χ1v) is 6.84. The molecule has 2 nitrogen and oxygen atoms in total. The summed E-state index contributed by atoms with van der Waals surface area (Å²) < 4.78 is 5.94. The molecule has 18 heavy (non-hydrogen) atoms. The van der Waals surface area contributed by atoms with E-state index in [9.17, 15) is 0 Å².